The molecule has 1 aromatic carbocycles. The lowest BCUT2D eigenvalue weighted by Gasteiger charge is -2.29. The van der Waals surface area contributed by atoms with Crippen LogP contribution in [-0.2, 0) is 20.8 Å². The molecular weight excluding hydrogens is 430 g/mol. The minimum absolute atomic E-state index is 0.0117. The molecule has 0 fully saturated rings. The maximum atomic E-state index is 11.6. The number of fused-ring (bicyclic) bond motifs is 4. The van der Waals surface area contributed by atoms with Crippen LogP contribution in [0.25, 0.3) is 5.57 Å². The molecule has 2 atom stereocenters. The van der Waals surface area contributed by atoms with Gasteiger partial charge in [-0.1, -0.05) is 30.3 Å². The molecule has 2 aliphatic carbocycles. The van der Waals surface area contributed by atoms with E-state index in [1.165, 1.54) is 0 Å². The molecule has 1 aromatic heterocycles. The van der Waals surface area contributed by atoms with Crippen LogP contribution >= 0.6 is 0 Å². The molecule has 34 heavy (non-hydrogen) atoms. The van der Waals surface area contributed by atoms with Crippen LogP contribution < -0.4 is 9.96 Å². The quantitative estimate of drug-likeness (QED) is 0.725. The summed E-state index contributed by atoms with van der Waals surface area (Å²) in [6, 6.07) is 12.1. The Bertz CT molecular complexity index is 1180. The van der Waals surface area contributed by atoms with Gasteiger partial charge < -0.3 is 19.6 Å². The van der Waals surface area contributed by atoms with Gasteiger partial charge in [0.25, 0.3) is 0 Å². The average Bonchev–Trinajstić information content (AvgIpc) is 2.90. The third-order valence-corrected chi connectivity index (χ3v) is 6.48. The van der Waals surface area contributed by atoms with Gasteiger partial charge in [-0.05, 0) is 41.2 Å². The Morgan fingerprint density at radius 1 is 1.24 bits per heavy atom. The molecule has 7 nitrogen and oxygen atoms in total. The average molecular weight is 460 g/mol. The van der Waals surface area contributed by atoms with Crippen LogP contribution in [0.3, 0.4) is 0 Å². The molecule has 7 heteroatoms. The molecule has 2 unspecified atom stereocenters. The second kappa shape index (κ2) is 9.25. The van der Waals surface area contributed by atoms with Crippen LogP contribution in [-0.4, -0.2) is 43.3 Å². The molecule has 176 valence electrons. The van der Waals surface area contributed by atoms with E-state index in [0.29, 0.717) is 13.2 Å². The lowest BCUT2D eigenvalue weighted by atomic mass is 9.83. The van der Waals surface area contributed by atoms with Gasteiger partial charge in [0.15, 0.2) is 11.6 Å². The monoisotopic (exact) mass is 459 g/mol. The van der Waals surface area contributed by atoms with Crippen LogP contribution in [0.4, 0.5) is 11.5 Å². The first-order valence-electron chi connectivity index (χ1n) is 11.6. The second-order valence-corrected chi connectivity index (χ2v) is 9.09. The van der Waals surface area contributed by atoms with Crippen molar-refractivity contribution in [3.05, 3.63) is 83.5 Å². The molecule has 0 radical (unpaired) electrons. The summed E-state index contributed by atoms with van der Waals surface area (Å²) in [6.45, 7) is 1.19. The van der Waals surface area contributed by atoms with Gasteiger partial charge in [0.1, 0.15) is 5.76 Å². The predicted molar refractivity (Wildman–Crippen MR) is 131 cm³/mol. The number of ether oxygens (including phenoxy) is 1. The minimum atomic E-state index is -0.831. The van der Waals surface area contributed by atoms with Crippen molar-refractivity contribution in [1.82, 2.24) is 4.98 Å². The molecule has 1 N–H and O–H groups in total. The fourth-order valence-electron chi connectivity index (χ4n) is 4.84. The Labute approximate surface area is 199 Å². The Morgan fingerprint density at radius 2 is 2.09 bits per heavy atom. The minimum Gasteiger partial charge on any atom is -0.497 e. The van der Waals surface area contributed by atoms with Crippen molar-refractivity contribution in [3.63, 3.8) is 0 Å². The number of aromatic nitrogens is 1. The highest BCUT2D eigenvalue weighted by atomic mass is 16.7. The van der Waals surface area contributed by atoms with Crippen LogP contribution in [0.2, 0.25) is 0 Å². The van der Waals surface area contributed by atoms with E-state index in [2.05, 4.69) is 23.2 Å². The number of carboxylic acids is 1. The van der Waals surface area contributed by atoms with Crippen molar-refractivity contribution in [2.75, 3.05) is 37.2 Å². The fourth-order valence-corrected chi connectivity index (χ4v) is 4.84. The zero-order valence-electron chi connectivity index (χ0n) is 19.5. The maximum Gasteiger partial charge on any atom is 0.307 e. The Balaban J connectivity index is 1.50. The standard InChI is InChI=1S/C27H29N3O4/c1-29(2)21-8-9-28-26(16-21)30-10-5-11-33-25-17-22(34-30)13-19-12-18-6-3-4-7-23(18)20(14-24(19)25)15-27(31)32/h3-4,6-9,13-14,16-17,19,24H,5,10-12,15H2,1-2H3,(H,31,32). The lowest BCUT2D eigenvalue weighted by molar-refractivity contribution is -0.135. The van der Waals surface area contributed by atoms with Gasteiger partial charge in [-0.2, -0.15) is 5.06 Å². The summed E-state index contributed by atoms with van der Waals surface area (Å²) in [5.41, 5.74) is 4.04. The molecule has 0 spiro atoms. The van der Waals surface area contributed by atoms with Crippen molar-refractivity contribution in [1.29, 1.82) is 0 Å². The first-order chi connectivity index (χ1) is 16.5. The number of nitrogens with zero attached hydrogens (tertiary/aromatic N) is 3. The Hall–Kier alpha value is -3.74. The summed E-state index contributed by atoms with van der Waals surface area (Å²) < 4.78 is 6.25. The molecular formula is C27H29N3O4. The van der Waals surface area contributed by atoms with Crippen LogP contribution in [0.1, 0.15) is 24.0 Å². The molecule has 5 rings (SSSR count). The van der Waals surface area contributed by atoms with Gasteiger partial charge in [-0.25, -0.2) is 4.98 Å². The summed E-state index contributed by atoms with van der Waals surface area (Å²) in [5, 5.41) is 11.4. The van der Waals surface area contributed by atoms with Crippen molar-refractivity contribution in [2.24, 2.45) is 11.8 Å². The summed E-state index contributed by atoms with van der Waals surface area (Å²) in [7, 11) is 4.00. The number of hydroxylamine groups is 1. The fraction of sp³-hybridized carbons (Fsp3) is 0.333. The van der Waals surface area contributed by atoms with E-state index in [9.17, 15) is 9.90 Å². The number of anilines is 2. The van der Waals surface area contributed by atoms with E-state index < -0.39 is 5.97 Å². The summed E-state index contributed by atoms with van der Waals surface area (Å²) in [6.07, 6.45) is 9.50. The molecule has 0 amide bonds. The largest absolute Gasteiger partial charge is 0.497 e. The van der Waals surface area contributed by atoms with Gasteiger partial charge in [-0.3, -0.25) is 4.79 Å². The van der Waals surface area contributed by atoms with E-state index in [4.69, 9.17) is 9.57 Å². The van der Waals surface area contributed by atoms with Crippen molar-refractivity contribution >= 4 is 23.0 Å². The van der Waals surface area contributed by atoms with Crippen molar-refractivity contribution in [3.8, 4) is 0 Å². The van der Waals surface area contributed by atoms with Gasteiger partial charge in [0, 0.05) is 50.5 Å². The third-order valence-electron chi connectivity index (χ3n) is 6.48. The summed E-state index contributed by atoms with van der Waals surface area (Å²) in [4.78, 5) is 24.6. The van der Waals surface area contributed by atoms with Gasteiger partial charge in [0.05, 0.1) is 19.6 Å². The number of hydrogen-bond donors (Lipinski definition) is 1. The number of benzene rings is 1. The lowest BCUT2D eigenvalue weighted by Crippen LogP contribution is -2.27. The summed E-state index contributed by atoms with van der Waals surface area (Å²) >= 11 is 0. The van der Waals surface area contributed by atoms with E-state index in [1.54, 1.807) is 6.20 Å². The van der Waals surface area contributed by atoms with Crippen molar-refractivity contribution in [2.45, 2.75) is 19.3 Å². The maximum absolute atomic E-state index is 11.6. The first-order valence-corrected chi connectivity index (χ1v) is 11.6. The van der Waals surface area contributed by atoms with E-state index in [-0.39, 0.29) is 18.3 Å². The summed E-state index contributed by atoms with van der Waals surface area (Å²) in [5.74, 6) is 1.54. The highest BCUT2D eigenvalue weighted by Crippen LogP contribution is 2.41. The SMILES string of the molecule is CN(C)c1ccnc(N2CCCOC3=CC(=CC4Cc5ccccc5C(CC(=O)O)=CC34)O2)c1. The molecule has 1 aliphatic heterocycles. The molecule has 2 heterocycles. The van der Waals surface area contributed by atoms with E-state index >= 15 is 0 Å². The van der Waals surface area contributed by atoms with Crippen LogP contribution in [0.15, 0.2) is 72.3 Å². The van der Waals surface area contributed by atoms with Crippen LogP contribution in [0, 0.1) is 11.8 Å². The van der Waals surface area contributed by atoms with E-state index in [1.807, 2.05) is 60.5 Å². The van der Waals surface area contributed by atoms with Gasteiger partial charge in [0.2, 0.25) is 0 Å². The zero-order chi connectivity index (χ0) is 23.7. The predicted octanol–water partition coefficient (Wildman–Crippen LogP) is 4.43. The normalized spacial score (nSPS) is 21.5. The number of rotatable bonds is 4. The number of hydrogen-bond acceptors (Lipinski definition) is 6. The molecule has 0 saturated heterocycles. The Kier molecular flexibility index (Phi) is 6.01. The first kappa shape index (κ1) is 22.1. The van der Waals surface area contributed by atoms with Crippen molar-refractivity contribution < 1.29 is 19.5 Å². The number of carbonyl (C=O) groups is 1. The number of allylic oxidation sites excluding steroid dienone is 3. The Morgan fingerprint density at radius 3 is 2.91 bits per heavy atom. The molecule has 0 saturated carbocycles. The number of aliphatic carboxylic acids is 1. The zero-order valence-corrected chi connectivity index (χ0v) is 19.5. The molecule has 2 bridgehead atoms. The topological polar surface area (TPSA) is 75.1 Å². The van der Waals surface area contributed by atoms with Gasteiger partial charge >= 0.3 is 5.97 Å². The van der Waals surface area contributed by atoms with Crippen LogP contribution in [0.5, 0.6) is 0 Å². The van der Waals surface area contributed by atoms with E-state index in [0.717, 1.165) is 52.6 Å². The highest BCUT2D eigenvalue weighted by molar-refractivity contribution is 5.85. The smallest absolute Gasteiger partial charge is 0.307 e. The second-order valence-electron chi connectivity index (χ2n) is 9.09. The number of carboxylic acid groups (broad SMARTS) is 1. The molecule has 2 aromatic rings. The number of pyridine rings is 1. The van der Waals surface area contributed by atoms with Gasteiger partial charge in [-0.15, -0.1) is 0 Å². The highest BCUT2D eigenvalue weighted by Gasteiger charge is 2.33. The molecule has 3 aliphatic rings. The third kappa shape index (κ3) is 4.51.